The molecule has 0 heterocycles. The quantitative estimate of drug-likeness (QED) is 0.783. The molecule has 1 atom stereocenters. The van der Waals surface area contributed by atoms with Crippen LogP contribution in [-0.2, 0) is 6.42 Å². The maximum absolute atomic E-state index is 12.0. The van der Waals surface area contributed by atoms with Gasteiger partial charge < -0.3 is 20.1 Å². The van der Waals surface area contributed by atoms with Crippen LogP contribution in [0.3, 0.4) is 0 Å². The van der Waals surface area contributed by atoms with Crippen LogP contribution in [0.5, 0.6) is 11.5 Å². The van der Waals surface area contributed by atoms with Crippen LogP contribution in [0, 0.1) is 0 Å². The maximum Gasteiger partial charge on any atom is 0.315 e. The Kier molecular flexibility index (Phi) is 6.95. The molecule has 134 valence electrons. The normalized spacial score (nSPS) is 11.5. The first-order valence-electron chi connectivity index (χ1n) is 8.05. The molecule has 0 unspecified atom stereocenters. The zero-order valence-corrected chi connectivity index (χ0v) is 15.4. The summed E-state index contributed by atoms with van der Waals surface area (Å²) in [7, 11) is 3.20. The molecule has 0 spiro atoms. The lowest BCUT2D eigenvalue weighted by molar-refractivity contribution is 0.238. The van der Waals surface area contributed by atoms with E-state index in [-0.39, 0.29) is 12.1 Å². The molecule has 0 fully saturated rings. The molecule has 0 radical (unpaired) electrons. The molecule has 2 aromatic carbocycles. The Balaban J connectivity index is 1.83. The van der Waals surface area contributed by atoms with E-state index >= 15 is 0 Å². The van der Waals surface area contributed by atoms with Gasteiger partial charge in [-0.25, -0.2) is 4.79 Å². The molecule has 0 aliphatic heterocycles. The van der Waals surface area contributed by atoms with Crippen LogP contribution in [0.25, 0.3) is 0 Å². The zero-order valence-electron chi connectivity index (χ0n) is 14.6. The average molecular weight is 363 g/mol. The number of amides is 2. The highest BCUT2D eigenvalue weighted by atomic mass is 35.5. The van der Waals surface area contributed by atoms with Crippen LogP contribution in [0.4, 0.5) is 4.79 Å². The molecule has 0 saturated carbocycles. The first kappa shape index (κ1) is 18.9. The second-order valence-electron chi connectivity index (χ2n) is 5.58. The summed E-state index contributed by atoms with van der Waals surface area (Å²) in [6.07, 6.45) is 0.689. The lowest BCUT2D eigenvalue weighted by Crippen LogP contribution is -2.38. The van der Waals surface area contributed by atoms with E-state index in [0.717, 1.165) is 11.1 Å². The lowest BCUT2D eigenvalue weighted by Gasteiger charge is -2.16. The predicted octanol–water partition coefficient (Wildman–Crippen LogP) is 3.96. The Bertz CT molecular complexity index is 722. The third-order valence-corrected chi connectivity index (χ3v) is 4.21. The summed E-state index contributed by atoms with van der Waals surface area (Å²) in [4.78, 5) is 12.0. The minimum atomic E-state index is -0.229. The molecule has 0 aliphatic carbocycles. The van der Waals surface area contributed by atoms with Crippen molar-refractivity contribution in [1.29, 1.82) is 0 Å². The maximum atomic E-state index is 12.0. The first-order chi connectivity index (χ1) is 12.0. The van der Waals surface area contributed by atoms with Gasteiger partial charge in [-0.15, -0.1) is 0 Å². The number of carbonyl (C=O) groups is 1. The second kappa shape index (κ2) is 9.18. The summed E-state index contributed by atoms with van der Waals surface area (Å²) < 4.78 is 10.5. The molecule has 0 aromatic heterocycles. The van der Waals surface area contributed by atoms with E-state index in [1.165, 1.54) is 0 Å². The number of methoxy groups -OCH3 is 2. The van der Waals surface area contributed by atoms with Gasteiger partial charge in [0.1, 0.15) is 0 Å². The Labute approximate surface area is 153 Å². The van der Waals surface area contributed by atoms with Crippen molar-refractivity contribution >= 4 is 17.6 Å². The molecule has 25 heavy (non-hydrogen) atoms. The van der Waals surface area contributed by atoms with Gasteiger partial charge in [-0.3, -0.25) is 0 Å². The van der Waals surface area contributed by atoms with Gasteiger partial charge in [0, 0.05) is 11.6 Å². The van der Waals surface area contributed by atoms with Gasteiger partial charge in [0.15, 0.2) is 11.5 Å². The number of carbonyl (C=O) groups excluding carboxylic acids is 1. The van der Waals surface area contributed by atoms with E-state index in [1.807, 2.05) is 49.4 Å². The summed E-state index contributed by atoms with van der Waals surface area (Å²) in [6.45, 7) is 2.41. The summed E-state index contributed by atoms with van der Waals surface area (Å²) in [6, 6.07) is 12.8. The van der Waals surface area contributed by atoms with E-state index in [2.05, 4.69) is 10.6 Å². The van der Waals surface area contributed by atoms with E-state index in [4.69, 9.17) is 21.1 Å². The van der Waals surface area contributed by atoms with Gasteiger partial charge in [-0.2, -0.15) is 0 Å². The molecule has 2 amide bonds. The monoisotopic (exact) mass is 362 g/mol. The van der Waals surface area contributed by atoms with Gasteiger partial charge >= 0.3 is 6.03 Å². The number of rotatable bonds is 7. The van der Waals surface area contributed by atoms with Crippen LogP contribution in [-0.4, -0.2) is 26.8 Å². The zero-order chi connectivity index (χ0) is 18.2. The highest BCUT2D eigenvalue weighted by Crippen LogP contribution is 2.27. The fraction of sp³-hybridized carbons (Fsp3) is 0.316. The number of hydrogen-bond acceptors (Lipinski definition) is 3. The molecule has 2 rings (SSSR count). The van der Waals surface area contributed by atoms with Crippen molar-refractivity contribution in [2.24, 2.45) is 0 Å². The summed E-state index contributed by atoms with van der Waals surface area (Å²) in [5.41, 5.74) is 1.94. The number of nitrogens with one attached hydrogen (secondary N) is 2. The molecular weight excluding hydrogens is 340 g/mol. The highest BCUT2D eigenvalue weighted by molar-refractivity contribution is 6.31. The van der Waals surface area contributed by atoms with Crippen LogP contribution in [0.2, 0.25) is 5.02 Å². The van der Waals surface area contributed by atoms with Gasteiger partial charge in [0.2, 0.25) is 0 Å². The van der Waals surface area contributed by atoms with E-state index in [1.54, 1.807) is 14.2 Å². The third-order valence-electron chi connectivity index (χ3n) is 3.87. The SMILES string of the molecule is COc1ccc(CCNC(=O)N[C@@H](C)c2ccccc2Cl)cc1OC. The van der Waals surface area contributed by atoms with Gasteiger partial charge in [-0.1, -0.05) is 35.9 Å². The summed E-state index contributed by atoms with van der Waals surface area (Å²) >= 11 is 6.15. The summed E-state index contributed by atoms with van der Waals surface area (Å²) in [5.74, 6) is 1.36. The minimum absolute atomic E-state index is 0.171. The smallest absolute Gasteiger partial charge is 0.315 e. The van der Waals surface area contributed by atoms with Crippen molar-refractivity contribution in [2.45, 2.75) is 19.4 Å². The van der Waals surface area contributed by atoms with Gasteiger partial charge in [0.25, 0.3) is 0 Å². The number of urea groups is 1. The number of ether oxygens (including phenoxy) is 2. The van der Waals surface area contributed by atoms with Crippen molar-refractivity contribution in [3.05, 3.63) is 58.6 Å². The van der Waals surface area contributed by atoms with Crippen molar-refractivity contribution in [3.8, 4) is 11.5 Å². The molecule has 0 saturated heterocycles. The fourth-order valence-corrected chi connectivity index (χ4v) is 2.81. The van der Waals surface area contributed by atoms with Crippen LogP contribution < -0.4 is 20.1 Å². The van der Waals surface area contributed by atoms with Gasteiger partial charge in [-0.05, 0) is 42.7 Å². The predicted molar refractivity (Wildman–Crippen MR) is 99.7 cm³/mol. The second-order valence-corrected chi connectivity index (χ2v) is 5.99. The van der Waals surface area contributed by atoms with E-state index in [9.17, 15) is 4.79 Å². The van der Waals surface area contributed by atoms with Crippen molar-refractivity contribution in [3.63, 3.8) is 0 Å². The number of halogens is 1. The van der Waals surface area contributed by atoms with Crippen LogP contribution in [0.15, 0.2) is 42.5 Å². The Hall–Kier alpha value is -2.40. The molecule has 6 heteroatoms. The van der Waals surface area contributed by atoms with Crippen LogP contribution >= 0.6 is 11.6 Å². The van der Waals surface area contributed by atoms with E-state index in [0.29, 0.717) is 29.5 Å². The minimum Gasteiger partial charge on any atom is -0.493 e. The largest absolute Gasteiger partial charge is 0.493 e. The number of hydrogen-bond donors (Lipinski definition) is 2. The molecule has 0 aliphatic rings. The highest BCUT2D eigenvalue weighted by Gasteiger charge is 2.12. The molecular formula is C19H23ClN2O3. The third kappa shape index (κ3) is 5.29. The average Bonchev–Trinajstić information content (AvgIpc) is 2.61. The van der Waals surface area contributed by atoms with Gasteiger partial charge in [0.05, 0.1) is 20.3 Å². The van der Waals surface area contributed by atoms with Crippen molar-refractivity contribution in [2.75, 3.05) is 20.8 Å². The van der Waals surface area contributed by atoms with E-state index < -0.39 is 0 Å². The molecule has 2 N–H and O–H groups in total. The molecule has 2 aromatic rings. The molecule has 0 bridgehead atoms. The van der Waals surface area contributed by atoms with Crippen molar-refractivity contribution < 1.29 is 14.3 Å². The standard InChI is InChI=1S/C19H23ClN2O3/c1-13(15-6-4-5-7-16(15)20)22-19(23)21-11-10-14-8-9-17(24-2)18(12-14)25-3/h4-9,12-13H,10-11H2,1-3H3,(H2,21,22,23)/t13-/m0/s1. The Morgan fingerprint density at radius 3 is 2.52 bits per heavy atom. The number of benzene rings is 2. The summed E-state index contributed by atoms with van der Waals surface area (Å²) in [5, 5.41) is 6.38. The Morgan fingerprint density at radius 2 is 1.84 bits per heavy atom. The first-order valence-corrected chi connectivity index (χ1v) is 8.42. The topological polar surface area (TPSA) is 59.6 Å². The van der Waals surface area contributed by atoms with Crippen LogP contribution in [0.1, 0.15) is 24.1 Å². The van der Waals surface area contributed by atoms with Crippen molar-refractivity contribution in [1.82, 2.24) is 10.6 Å². The fourth-order valence-electron chi connectivity index (χ4n) is 2.51. The molecule has 5 nitrogen and oxygen atoms in total. The lowest BCUT2D eigenvalue weighted by atomic mass is 10.1. The Morgan fingerprint density at radius 1 is 1.12 bits per heavy atom.